The lowest BCUT2D eigenvalue weighted by atomic mass is 9.92. The fourth-order valence-corrected chi connectivity index (χ4v) is 5.15. The van der Waals surface area contributed by atoms with Gasteiger partial charge in [-0.1, -0.05) is 66.2 Å². The molecule has 4 N–H and O–H groups in total. The highest BCUT2D eigenvalue weighted by Gasteiger charge is 2.36. The molecular weight excluding hydrogens is 559 g/mol. The van der Waals surface area contributed by atoms with Gasteiger partial charge < -0.3 is 21.3 Å². The van der Waals surface area contributed by atoms with Crippen molar-refractivity contribution in [3.63, 3.8) is 0 Å². The molecule has 1 aliphatic rings. The molecule has 0 unspecified atom stereocenters. The average molecular weight is 593 g/mol. The van der Waals surface area contributed by atoms with Crippen molar-refractivity contribution in [1.29, 1.82) is 0 Å². The molecule has 0 bridgehead atoms. The van der Waals surface area contributed by atoms with Gasteiger partial charge in [0.2, 0.25) is 17.7 Å². The van der Waals surface area contributed by atoms with Crippen LogP contribution in [0.1, 0.15) is 53.6 Å². The largest absolute Gasteiger partial charge is 0.342 e. The van der Waals surface area contributed by atoms with E-state index < -0.39 is 29.7 Å². The molecule has 0 saturated carbocycles. The first-order chi connectivity index (χ1) is 20.3. The summed E-state index contributed by atoms with van der Waals surface area (Å²) in [5.74, 6) is -2.29. The third-order valence-electron chi connectivity index (χ3n) is 7.30. The van der Waals surface area contributed by atoms with E-state index in [1.165, 1.54) is 17.0 Å². The highest BCUT2D eigenvalue weighted by atomic mass is 35.5. The van der Waals surface area contributed by atoms with Crippen LogP contribution in [0.5, 0.6) is 0 Å². The number of nitrogens with one attached hydrogen (secondary N) is 2. The van der Waals surface area contributed by atoms with Gasteiger partial charge in [0.1, 0.15) is 17.9 Å². The van der Waals surface area contributed by atoms with Crippen LogP contribution in [0.3, 0.4) is 0 Å². The summed E-state index contributed by atoms with van der Waals surface area (Å²) in [5, 5.41) is 5.52. The van der Waals surface area contributed by atoms with Gasteiger partial charge in [-0.15, -0.1) is 0 Å². The summed E-state index contributed by atoms with van der Waals surface area (Å²) < 4.78 is 14.4. The number of anilines is 1. The minimum absolute atomic E-state index is 0.00606. The lowest BCUT2D eigenvalue weighted by Crippen LogP contribution is -2.56. The van der Waals surface area contributed by atoms with Gasteiger partial charge in [0.15, 0.2) is 5.78 Å². The Hall–Kier alpha value is -4.08. The number of unbranched alkanes of at least 4 members (excludes halogenated alkanes) is 1. The monoisotopic (exact) mass is 592 g/mol. The number of nitrogens with two attached hydrogens (primary N) is 1. The van der Waals surface area contributed by atoms with Crippen LogP contribution in [0, 0.1) is 5.82 Å². The maximum Gasteiger partial charge on any atom is 0.247 e. The van der Waals surface area contributed by atoms with Gasteiger partial charge in [0, 0.05) is 36.4 Å². The molecule has 0 radical (unpaired) electrons. The number of rotatable bonds is 12. The third-order valence-corrected chi connectivity index (χ3v) is 7.54. The van der Waals surface area contributed by atoms with E-state index in [4.69, 9.17) is 17.3 Å². The van der Waals surface area contributed by atoms with Crippen LogP contribution in [-0.4, -0.2) is 47.0 Å². The van der Waals surface area contributed by atoms with Gasteiger partial charge in [-0.2, -0.15) is 0 Å². The molecule has 3 aromatic carbocycles. The first-order valence-electron chi connectivity index (χ1n) is 14.0. The first kappa shape index (κ1) is 30.9. The Morgan fingerprint density at radius 1 is 0.952 bits per heavy atom. The Kier molecular flexibility index (Phi) is 10.8. The number of ketones is 1. The maximum absolute atomic E-state index is 14.4. The molecule has 0 aliphatic carbocycles. The molecular formula is C32H34ClFN4O4. The van der Waals surface area contributed by atoms with Crippen molar-refractivity contribution in [3.8, 4) is 0 Å². The van der Waals surface area contributed by atoms with Crippen LogP contribution < -0.4 is 16.4 Å². The van der Waals surface area contributed by atoms with Crippen LogP contribution in [0.25, 0.3) is 0 Å². The number of amides is 3. The Balaban J connectivity index is 1.51. The lowest BCUT2D eigenvalue weighted by Gasteiger charge is -2.37. The summed E-state index contributed by atoms with van der Waals surface area (Å²) in [6.07, 6.45) is 1.65. The summed E-state index contributed by atoms with van der Waals surface area (Å²) in [7, 11) is 0. The van der Waals surface area contributed by atoms with Crippen molar-refractivity contribution in [1.82, 2.24) is 10.2 Å². The lowest BCUT2D eigenvalue weighted by molar-refractivity contribution is -0.142. The van der Waals surface area contributed by atoms with E-state index in [0.29, 0.717) is 24.9 Å². The second-order valence-corrected chi connectivity index (χ2v) is 10.7. The number of Topliss-reactive ketones (excluding diaryl/α,β-unsaturated/α-hetero) is 1. The molecule has 8 nitrogen and oxygen atoms in total. The van der Waals surface area contributed by atoms with Gasteiger partial charge >= 0.3 is 0 Å². The SMILES string of the molecule is NCCCC[C@H](NC(=O)[C@@H]1Cc2ccccc2CN1C(=O)CCC(=O)c1ccccc1)C(=O)Nc1ccc(Cl)cc1F. The topological polar surface area (TPSA) is 122 Å². The molecule has 0 aromatic heterocycles. The Morgan fingerprint density at radius 3 is 2.38 bits per heavy atom. The third kappa shape index (κ3) is 8.02. The number of benzene rings is 3. The summed E-state index contributed by atoms with van der Waals surface area (Å²) >= 11 is 5.83. The molecule has 220 valence electrons. The van der Waals surface area contributed by atoms with Crippen molar-refractivity contribution < 1.29 is 23.6 Å². The van der Waals surface area contributed by atoms with E-state index in [0.717, 1.165) is 17.2 Å². The zero-order valence-corrected chi connectivity index (χ0v) is 23.9. The highest BCUT2D eigenvalue weighted by molar-refractivity contribution is 6.30. The normalized spacial score (nSPS) is 14.9. The summed E-state index contributed by atoms with van der Waals surface area (Å²) in [5.41, 5.74) is 7.93. The minimum Gasteiger partial charge on any atom is -0.342 e. The summed E-state index contributed by atoms with van der Waals surface area (Å²) in [4.78, 5) is 54.5. The van der Waals surface area contributed by atoms with Gasteiger partial charge in [-0.25, -0.2) is 4.39 Å². The zero-order valence-electron chi connectivity index (χ0n) is 23.2. The number of halogens is 2. The van der Waals surface area contributed by atoms with Crippen LogP contribution in [-0.2, 0) is 27.3 Å². The van der Waals surface area contributed by atoms with Gasteiger partial charge in [0.25, 0.3) is 0 Å². The molecule has 1 aliphatic heterocycles. The highest BCUT2D eigenvalue weighted by Crippen LogP contribution is 2.25. The van der Waals surface area contributed by atoms with E-state index in [2.05, 4.69) is 10.6 Å². The number of fused-ring (bicyclic) bond motifs is 1. The van der Waals surface area contributed by atoms with Crippen molar-refractivity contribution in [2.24, 2.45) is 5.73 Å². The number of hydrogen-bond donors (Lipinski definition) is 3. The van der Waals surface area contributed by atoms with Crippen molar-refractivity contribution >= 4 is 40.8 Å². The standard InChI is InChI=1S/C32H34ClFN4O4/c33-24-13-14-26(25(34)19-24)36-31(41)27(12-6-7-17-35)37-32(42)28-18-22-10-4-5-11-23(22)20-38(28)30(40)16-15-29(39)21-8-2-1-3-9-21/h1-5,8-11,13-14,19,27-28H,6-7,12,15-18,20,35H2,(H,36,41)(H,37,42)/t27-,28-/m0/s1. The van der Waals surface area contributed by atoms with Crippen LogP contribution in [0.2, 0.25) is 5.02 Å². The number of carbonyl (C=O) groups excluding carboxylic acids is 4. The second-order valence-electron chi connectivity index (χ2n) is 10.3. The summed E-state index contributed by atoms with van der Waals surface area (Å²) in [6.45, 7) is 0.615. The van der Waals surface area contributed by atoms with Crippen LogP contribution in [0.4, 0.5) is 10.1 Å². The molecule has 0 spiro atoms. The van der Waals surface area contributed by atoms with Crippen molar-refractivity contribution in [2.45, 2.75) is 57.2 Å². The molecule has 3 aromatic rings. The van der Waals surface area contributed by atoms with E-state index in [1.807, 2.05) is 30.3 Å². The molecule has 10 heteroatoms. The smallest absolute Gasteiger partial charge is 0.247 e. The predicted molar refractivity (Wildman–Crippen MR) is 159 cm³/mol. The van der Waals surface area contributed by atoms with E-state index in [9.17, 15) is 23.6 Å². The Bertz CT molecular complexity index is 1440. The van der Waals surface area contributed by atoms with Crippen molar-refractivity contribution in [2.75, 3.05) is 11.9 Å². The molecule has 0 fully saturated rings. The summed E-state index contributed by atoms with van der Waals surface area (Å²) in [6, 6.07) is 18.3. The van der Waals surface area contributed by atoms with Gasteiger partial charge in [-0.05, 0) is 55.1 Å². The molecule has 0 saturated heterocycles. The quantitative estimate of drug-likeness (QED) is 0.209. The number of hydrogen-bond acceptors (Lipinski definition) is 5. The Labute approximate surface area is 249 Å². The van der Waals surface area contributed by atoms with Crippen molar-refractivity contribution in [3.05, 3.63) is 100 Å². The Morgan fingerprint density at radius 2 is 1.67 bits per heavy atom. The fourth-order valence-electron chi connectivity index (χ4n) is 4.99. The number of nitrogens with zero attached hydrogens (tertiary/aromatic N) is 1. The second kappa shape index (κ2) is 14.7. The predicted octanol–water partition coefficient (Wildman–Crippen LogP) is 4.65. The zero-order chi connectivity index (χ0) is 30.1. The molecule has 1 heterocycles. The fraction of sp³-hybridized carbons (Fsp3) is 0.312. The molecule has 2 atom stereocenters. The molecule has 3 amide bonds. The molecule has 42 heavy (non-hydrogen) atoms. The van der Waals surface area contributed by atoms with E-state index in [-0.39, 0.29) is 54.6 Å². The van der Waals surface area contributed by atoms with Gasteiger partial charge in [-0.3, -0.25) is 19.2 Å². The van der Waals surface area contributed by atoms with E-state index >= 15 is 0 Å². The van der Waals surface area contributed by atoms with E-state index in [1.54, 1.807) is 24.3 Å². The van der Waals surface area contributed by atoms with Crippen LogP contribution >= 0.6 is 11.6 Å². The number of carbonyl (C=O) groups is 4. The molecule has 4 rings (SSSR count). The maximum atomic E-state index is 14.4. The first-order valence-corrected chi connectivity index (χ1v) is 14.4. The average Bonchev–Trinajstić information content (AvgIpc) is 3.00. The minimum atomic E-state index is -0.993. The van der Waals surface area contributed by atoms with Gasteiger partial charge in [0.05, 0.1) is 5.69 Å². The van der Waals surface area contributed by atoms with Crippen LogP contribution in [0.15, 0.2) is 72.8 Å².